The zero-order valence-corrected chi connectivity index (χ0v) is 10.1. The quantitative estimate of drug-likeness (QED) is 0.824. The third kappa shape index (κ3) is 2.43. The van der Waals surface area contributed by atoms with Gasteiger partial charge in [0, 0.05) is 9.77 Å². The van der Waals surface area contributed by atoms with E-state index in [9.17, 15) is 0 Å². The molecule has 1 nitrogen and oxygen atoms in total. The first-order chi connectivity index (χ1) is 7.31. The standard InChI is InChI=1S/C12H13NS2/c1-14-10-6-4-9(5-7-10)12(13)11-3-2-8-15-11/h2-8,12H,13H2,1H3. The monoisotopic (exact) mass is 235 g/mol. The Morgan fingerprint density at radius 3 is 2.47 bits per heavy atom. The highest BCUT2D eigenvalue weighted by atomic mass is 32.2. The molecule has 0 aliphatic heterocycles. The topological polar surface area (TPSA) is 26.0 Å². The molecule has 3 heteroatoms. The average molecular weight is 235 g/mol. The van der Waals surface area contributed by atoms with Crippen LogP contribution in [0.2, 0.25) is 0 Å². The Morgan fingerprint density at radius 1 is 1.20 bits per heavy atom. The Bertz CT molecular complexity index is 406. The first-order valence-corrected chi connectivity index (χ1v) is 6.84. The zero-order chi connectivity index (χ0) is 10.7. The molecule has 0 radical (unpaired) electrons. The second-order valence-electron chi connectivity index (χ2n) is 3.27. The lowest BCUT2D eigenvalue weighted by molar-refractivity contribution is 0.891. The van der Waals surface area contributed by atoms with E-state index in [4.69, 9.17) is 5.73 Å². The minimum absolute atomic E-state index is 0.0147. The van der Waals surface area contributed by atoms with E-state index in [1.807, 2.05) is 6.07 Å². The van der Waals surface area contributed by atoms with Gasteiger partial charge in [-0.3, -0.25) is 0 Å². The van der Waals surface area contributed by atoms with Gasteiger partial charge in [-0.25, -0.2) is 0 Å². The zero-order valence-electron chi connectivity index (χ0n) is 8.51. The SMILES string of the molecule is CSc1ccc(C(N)c2cccs2)cc1. The molecule has 2 aromatic rings. The maximum Gasteiger partial charge on any atom is 0.0646 e. The van der Waals surface area contributed by atoms with E-state index in [2.05, 4.69) is 42.0 Å². The number of thiophene rings is 1. The van der Waals surface area contributed by atoms with E-state index in [1.54, 1.807) is 23.1 Å². The van der Waals surface area contributed by atoms with Gasteiger partial charge in [0.15, 0.2) is 0 Å². The Hall–Kier alpha value is -0.770. The lowest BCUT2D eigenvalue weighted by atomic mass is 10.1. The van der Waals surface area contributed by atoms with Crippen molar-refractivity contribution < 1.29 is 0 Å². The summed E-state index contributed by atoms with van der Waals surface area (Å²) in [5.74, 6) is 0. The molecular weight excluding hydrogens is 222 g/mol. The van der Waals surface area contributed by atoms with Crippen LogP contribution < -0.4 is 5.73 Å². The van der Waals surface area contributed by atoms with Gasteiger partial charge in [-0.1, -0.05) is 18.2 Å². The molecule has 2 rings (SSSR count). The Kier molecular flexibility index (Phi) is 3.46. The van der Waals surface area contributed by atoms with Gasteiger partial charge >= 0.3 is 0 Å². The van der Waals surface area contributed by atoms with E-state index in [0.717, 1.165) is 0 Å². The van der Waals surface area contributed by atoms with Crippen molar-refractivity contribution in [3.05, 3.63) is 52.2 Å². The van der Waals surface area contributed by atoms with Gasteiger partial charge in [-0.05, 0) is 35.4 Å². The number of rotatable bonds is 3. The Balaban J connectivity index is 2.22. The van der Waals surface area contributed by atoms with Crippen molar-refractivity contribution in [3.63, 3.8) is 0 Å². The van der Waals surface area contributed by atoms with E-state index < -0.39 is 0 Å². The third-order valence-electron chi connectivity index (χ3n) is 2.32. The van der Waals surface area contributed by atoms with E-state index >= 15 is 0 Å². The fraction of sp³-hybridized carbons (Fsp3) is 0.167. The summed E-state index contributed by atoms with van der Waals surface area (Å²) in [6, 6.07) is 12.6. The summed E-state index contributed by atoms with van der Waals surface area (Å²) in [6.45, 7) is 0. The molecule has 15 heavy (non-hydrogen) atoms. The van der Waals surface area contributed by atoms with E-state index in [1.165, 1.54) is 15.3 Å². The van der Waals surface area contributed by atoms with Crippen molar-refractivity contribution in [2.75, 3.05) is 6.26 Å². The lowest BCUT2D eigenvalue weighted by Gasteiger charge is -2.10. The van der Waals surface area contributed by atoms with Gasteiger partial charge in [0.05, 0.1) is 6.04 Å². The molecule has 0 aliphatic rings. The molecule has 1 unspecified atom stereocenters. The number of benzene rings is 1. The van der Waals surface area contributed by atoms with Gasteiger partial charge in [-0.2, -0.15) is 0 Å². The van der Waals surface area contributed by atoms with Gasteiger partial charge in [0.2, 0.25) is 0 Å². The van der Waals surface area contributed by atoms with Crippen LogP contribution in [0.15, 0.2) is 46.7 Å². The second-order valence-corrected chi connectivity index (χ2v) is 5.13. The molecule has 0 bridgehead atoms. The fourth-order valence-corrected chi connectivity index (χ4v) is 2.61. The van der Waals surface area contributed by atoms with E-state index in [-0.39, 0.29) is 6.04 Å². The molecule has 1 atom stereocenters. The summed E-state index contributed by atoms with van der Waals surface area (Å²) in [7, 11) is 0. The number of hydrogen-bond acceptors (Lipinski definition) is 3. The summed E-state index contributed by atoms with van der Waals surface area (Å²) >= 11 is 3.45. The summed E-state index contributed by atoms with van der Waals surface area (Å²) in [6.07, 6.45) is 2.08. The molecule has 0 saturated heterocycles. The van der Waals surface area contributed by atoms with Crippen LogP contribution in [-0.4, -0.2) is 6.26 Å². The Labute approximate surface area is 98.3 Å². The highest BCUT2D eigenvalue weighted by Gasteiger charge is 2.08. The van der Waals surface area contributed by atoms with Crippen LogP contribution in [0.1, 0.15) is 16.5 Å². The number of hydrogen-bond donors (Lipinski definition) is 1. The van der Waals surface area contributed by atoms with Crippen molar-refractivity contribution in [1.82, 2.24) is 0 Å². The molecule has 0 saturated carbocycles. The van der Waals surface area contributed by atoms with E-state index in [0.29, 0.717) is 0 Å². The molecule has 1 aromatic carbocycles. The fourth-order valence-electron chi connectivity index (χ4n) is 1.44. The van der Waals surface area contributed by atoms with Gasteiger partial charge < -0.3 is 5.73 Å². The molecule has 78 valence electrons. The Morgan fingerprint density at radius 2 is 1.93 bits per heavy atom. The van der Waals surface area contributed by atoms with Crippen LogP contribution >= 0.6 is 23.1 Å². The molecule has 0 fully saturated rings. The smallest absolute Gasteiger partial charge is 0.0646 e. The first kappa shape index (κ1) is 10.7. The second kappa shape index (κ2) is 4.84. The summed E-state index contributed by atoms with van der Waals surface area (Å²) < 4.78 is 0. The normalized spacial score (nSPS) is 12.7. The summed E-state index contributed by atoms with van der Waals surface area (Å²) in [4.78, 5) is 2.49. The molecule has 2 N–H and O–H groups in total. The van der Waals surface area contributed by atoms with Crippen molar-refractivity contribution in [3.8, 4) is 0 Å². The lowest BCUT2D eigenvalue weighted by Crippen LogP contribution is -2.09. The molecule has 1 heterocycles. The maximum absolute atomic E-state index is 6.16. The molecule has 1 aromatic heterocycles. The molecule has 0 aliphatic carbocycles. The van der Waals surface area contributed by atoms with Crippen LogP contribution in [0, 0.1) is 0 Å². The van der Waals surface area contributed by atoms with Gasteiger partial charge in [0.1, 0.15) is 0 Å². The maximum atomic E-state index is 6.16. The largest absolute Gasteiger partial charge is 0.320 e. The van der Waals surface area contributed by atoms with Crippen molar-refractivity contribution in [2.24, 2.45) is 5.73 Å². The number of nitrogens with two attached hydrogens (primary N) is 1. The summed E-state index contributed by atoms with van der Waals surface area (Å²) in [5, 5.41) is 2.06. The molecule has 0 spiro atoms. The van der Waals surface area contributed by atoms with Crippen molar-refractivity contribution >= 4 is 23.1 Å². The van der Waals surface area contributed by atoms with Crippen molar-refractivity contribution in [2.45, 2.75) is 10.9 Å². The summed E-state index contributed by atoms with van der Waals surface area (Å²) in [5.41, 5.74) is 7.33. The van der Waals surface area contributed by atoms with Crippen LogP contribution in [0.5, 0.6) is 0 Å². The molecular formula is C12H13NS2. The minimum Gasteiger partial charge on any atom is -0.320 e. The predicted molar refractivity (Wildman–Crippen MR) is 68.6 cm³/mol. The highest BCUT2D eigenvalue weighted by Crippen LogP contribution is 2.25. The van der Waals surface area contributed by atoms with Crippen LogP contribution in [0.4, 0.5) is 0 Å². The first-order valence-electron chi connectivity index (χ1n) is 4.74. The van der Waals surface area contributed by atoms with Crippen LogP contribution in [-0.2, 0) is 0 Å². The predicted octanol–water partition coefficient (Wildman–Crippen LogP) is 3.52. The third-order valence-corrected chi connectivity index (χ3v) is 4.02. The van der Waals surface area contributed by atoms with Crippen LogP contribution in [0.25, 0.3) is 0 Å². The van der Waals surface area contributed by atoms with Gasteiger partial charge in [-0.15, -0.1) is 23.1 Å². The number of thioether (sulfide) groups is 1. The van der Waals surface area contributed by atoms with Crippen molar-refractivity contribution in [1.29, 1.82) is 0 Å². The van der Waals surface area contributed by atoms with Crippen LogP contribution in [0.3, 0.4) is 0 Å². The highest BCUT2D eigenvalue weighted by molar-refractivity contribution is 7.98. The average Bonchev–Trinajstić information content (AvgIpc) is 2.82. The molecule has 0 amide bonds. The minimum atomic E-state index is 0.0147. The van der Waals surface area contributed by atoms with Gasteiger partial charge in [0.25, 0.3) is 0 Å².